The van der Waals surface area contributed by atoms with Crippen LogP contribution in [0.5, 0.6) is 11.5 Å². The highest BCUT2D eigenvalue weighted by atomic mass is 19.4. The Balaban J connectivity index is 1.47. The van der Waals surface area contributed by atoms with Crippen LogP contribution in [0.4, 0.5) is 17.6 Å². The maximum Gasteiger partial charge on any atom is 0.416 e. The number of hydrogen-bond donors (Lipinski definition) is 0. The topological polar surface area (TPSA) is 54.9 Å². The van der Waals surface area contributed by atoms with Crippen LogP contribution >= 0.6 is 0 Å². The number of aromatic nitrogens is 1. The minimum absolute atomic E-state index is 0.163. The number of para-hydroxylation sites is 1. The van der Waals surface area contributed by atoms with Gasteiger partial charge in [0.25, 0.3) is 5.91 Å². The van der Waals surface area contributed by atoms with E-state index in [9.17, 15) is 22.4 Å². The number of ether oxygens (including phenoxy) is 2. The quantitative estimate of drug-likeness (QED) is 0.187. The molecule has 5 rings (SSSR count). The number of likely N-dealkylation sites (tertiary alicyclic amines) is 1. The molecule has 10 heteroatoms. The highest BCUT2D eigenvalue weighted by Crippen LogP contribution is 2.34. The van der Waals surface area contributed by atoms with Gasteiger partial charge in [0.2, 0.25) is 0 Å². The first kappa shape index (κ1) is 30.3. The summed E-state index contributed by atoms with van der Waals surface area (Å²) in [5, 5.41) is 0.690. The number of nitrogens with zero attached hydrogens (tertiary/aromatic N) is 3. The van der Waals surface area contributed by atoms with Crippen LogP contribution in [0.25, 0.3) is 22.0 Å². The van der Waals surface area contributed by atoms with Gasteiger partial charge in [0.15, 0.2) is 0 Å². The van der Waals surface area contributed by atoms with E-state index in [1.54, 1.807) is 43.4 Å². The van der Waals surface area contributed by atoms with Crippen molar-refractivity contribution in [3.8, 4) is 22.6 Å². The lowest BCUT2D eigenvalue weighted by Crippen LogP contribution is -2.56. The Labute approximate surface area is 247 Å². The van der Waals surface area contributed by atoms with Crippen molar-refractivity contribution in [2.45, 2.75) is 25.7 Å². The molecule has 0 bridgehead atoms. The van der Waals surface area contributed by atoms with Crippen LogP contribution in [0.1, 0.15) is 28.4 Å². The molecule has 1 fully saturated rings. The minimum atomic E-state index is -4.42. The third kappa shape index (κ3) is 6.44. The molecule has 1 amide bonds. The fourth-order valence-corrected chi connectivity index (χ4v) is 5.55. The normalized spacial score (nSPS) is 14.8. The van der Waals surface area contributed by atoms with Gasteiger partial charge in [0.1, 0.15) is 18.2 Å². The zero-order valence-corrected chi connectivity index (χ0v) is 24.2. The minimum Gasteiger partial charge on any atom is -0.497 e. The maximum absolute atomic E-state index is 14.1. The number of hydrogen-bond acceptors (Lipinski definition) is 5. The molecular weight excluding hydrogens is 562 g/mol. The molecule has 0 spiro atoms. The van der Waals surface area contributed by atoms with E-state index < -0.39 is 18.4 Å². The van der Waals surface area contributed by atoms with Crippen molar-refractivity contribution in [1.82, 2.24) is 14.8 Å². The summed E-state index contributed by atoms with van der Waals surface area (Å²) in [5.41, 5.74) is 2.31. The average molecular weight is 596 g/mol. The molecular formula is C33H33F4N3O3. The molecule has 6 nitrogen and oxygen atoms in total. The number of carbonyl (C=O) groups excluding carboxylic acids is 1. The van der Waals surface area contributed by atoms with Crippen molar-refractivity contribution in [3.05, 3.63) is 89.6 Å². The van der Waals surface area contributed by atoms with E-state index in [0.29, 0.717) is 58.7 Å². The number of halogens is 4. The second kappa shape index (κ2) is 12.6. The second-order valence-electron chi connectivity index (χ2n) is 10.7. The van der Waals surface area contributed by atoms with Gasteiger partial charge in [0.05, 0.1) is 30.9 Å². The summed E-state index contributed by atoms with van der Waals surface area (Å²) in [6.07, 6.45) is -2.91. The Morgan fingerprint density at radius 2 is 1.79 bits per heavy atom. The molecule has 0 N–H and O–H groups in total. The van der Waals surface area contributed by atoms with E-state index in [1.807, 2.05) is 30.0 Å². The largest absolute Gasteiger partial charge is 0.497 e. The summed E-state index contributed by atoms with van der Waals surface area (Å²) in [4.78, 5) is 22.6. The van der Waals surface area contributed by atoms with Gasteiger partial charge >= 0.3 is 6.18 Å². The van der Waals surface area contributed by atoms with Crippen molar-refractivity contribution in [1.29, 1.82) is 0 Å². The summed E-state index contributed by atoms with van der Waals surface area (Å²) >= 11 is 0. The molecule has 2 heterocycles. The molecule has 226 valence electrons. The Morgan fingerprint density at radius 1 is 1.05 bits per heavy atom. The lowest BCUT2D eigenvalue weighted by Gasteiger charge is -2.45. The number of fused-ring (bicyclic) bond motifs is 1. The van der Waals surface area contributed by atoms with Crippen molar-refractivity contribution in [2.75, 3.05) is 40.5 Å². The van der Waals surface area contributed by atoms with Gasteiger partial charge in [-0.05, 0) is 42.8 Å². The molecule has 0 radical (unpaired) electrons. The van der Waals surface area contributed by atoms with E-state index in [2.05, 4.69) is 4.98 Å². The number of pyridine rings is 1. The first-order valence-electron chi connectivity index (χ1n) is 14.0. The third-order valence-electron chi connectivity index (χ3n) is 8.14. The second-order valence-corrected chi connectivity index (χ2v) is 10.7. The highest BCUT2D eigenvalue weighted by Gasteiger charge is 2.36. The lowest BCUT2D eigenvalue weighted by atomic mass is 9.90. The molecule has 1 saturated heterocycles. The van der Waals surface area contributed by atoms with Gasteiger partial charge in [-0.25, -0.2) is 4.39 Å². The molecule has 43 heavy (non-hydrogen) atoms. The average Bonchev–Trinajstić information content (AvgIpc) is 2.99. The van der Waals surface area contributed by atoms with E-state index >= 15 is 0 Å². The van der Waals surface area contributed by atoms with E-state index in [-0.39, 0.29) is 24.4 Å². The summed E-state index contributed by atoms with van der Waals surface area (Å²) in [5.74, 6) is 1.17. The van der Waals surface area contributed by atoms with Crippen LogP contribution in [-0.4, -0.2) is 67.3 Å². The van der Waals surface area contributed by atoms with Gasteiger partial charge in [-0.15, -0.1) is 0 Å². The van der Waals surface area contributed by atoms with Crippen molar-refractivity contribution >= 4 is 16.8 Å². The zero-order chi connectivity index (χ0) is 30.7. The summed E-state index contributed by atoms with van der Waals surface area (Å²) in [6, 6.07) is 17.4. The molecule has 3 aromatic carbocycles. The fraction of sp³-hybridized carbons (Fsp3) is 0.333. The summed E-state index contributed by atoms with van der Waals surface area (Å²) < 4.78 is 63.1. The van der Waals surface area contributed by atoms with E-state index in [4.69, 9.17) is 9.47 Å². The molecule has 1 aliphatic heterocycles. The van der Waals surface area contributed by atoms with Gasteiger partial charge in [-0.1, -0.05) is 30.3 Å². The Kier molecular flexibility index (Phi) is 8.87. The third-order valence-corrected chi connectivity index (χ3v) is 8.14. The first-order valence-corrected chi connectivity index (χ1v) is 14.0. The maximum atomic E-state index is 14.1. The molecule has 1 aromatic heterocycles. The van der Waals surface area contributed by atoms with Gasteiger partial charge in [-0.3, -0.25) is 14.7 Å². The van der Waals surface area contributed by atoms with Gasteiger partial charge in [0, 0.05) is 66.9 Å². The van der Waals surface area contributed by atoms with Crippen LogP contribution < -0.4 is 9.47 Å². The van der Waals surface area contributed by atoms with Gasteiger partial charge < -0.3 is 14.4 Å². The molecule has 0 unspecified atom stereocenters. The summed E-state index contributed by atoms with van der Waals surface area (Å²) in [6.45, 7) is 3.63. The molecule has 1 aliphatic rings. The number of methoxy groups -OCH3 is 2. The predicted octanol–water partition coefficient (Wildman–Crippen LogP) is 6.87. The number of benzene rings is 3. The Morgan fingerprint density at radius 3 is 2.44 bits per heavy atom. The Bertz CT molecular complexity index is 1590. The van der Waals surface area contributed by atoms with Crippen LogP contribution in [0.3, 0.4) is 0 Å². The van der Waals surface area contributed by atoms with Crippen molar-refractivity contribution in [2.24, 2.45) is 5.92 Å². The first-order chi connectivity index (χ1) is 20.6. The van der Waals surface area contributed by atoms with Crippen LogP contribution in [0.15, 0.2) is 72.9 Å². The molecule has 4 aromatic rings. The predicted molar refractivity (Wildman–Crippen MR) is 157 cm³/mol. The molecule has 1 atom stereocenters. The van der Waals surface area contributed by atoms with Crippen LogP contribution in [0, 0.1) is 5.92 Å². The fourth-order valence-electron chi connectivity index (χ4n) is 5.55. The Hall–Kier alpha value is -4.18. The number of amides is 1. The van der Waals surface area contributed by atoms with Crippen molar-refractivity contribution in [3.63, 3.8) is 0 Å². The van der Waals surface area contributed by atoms with Crippen LogP contribution in [0.2, 0.25) is 0 Å². The van der Waals surface area contributed by atoms with Crippen LogP contribution in [-0.2, 0) is 12.7 Å². The molecule has 0 aliphatic carbocycles. The smallest absolute Gasteiger partial charge is 0.416 e. The zero-order valence-electron chi connectivity index (χ0n) is 24.2. The summed E-state index contributed by atoms with van der Waals surface area (Å²) in [7, 11) is 3.14. The standard InChI is InChI=1S/C33H33F4N3O3/c1-21(26-18-39(19-26)14-13-34)40(20-24-9-12-28(42-2)16-30(24)43-3)32(41)25-15-23-5-4-6-29(31(23)38-17-25)22-7-10-27(11-8-22)33(35,36)37/h4-12,15-17,21,26H,13-14,18-20H2,1-3H3/t21-/m1/s1. The molecule has 0 saturated carbocycles. The number of rotatable bonds is 10. The monoisotopic (exact) mass is 595 g/mol. The van der Waals surface area contributed by atoms with E-state index in [1.165, 1.54) is 18.3 Å². The van der Waals surface area contributed by atoms with E-state index in [0.717, 1.165) is 17.7 Å². The SMILES string of the molecule is COc1ccc(CN(C(=O)c2cnc3c(-c4ccc(C(F)(F)F)cc4)cccc3c2)[C@H](C)C2CN(CCF)C2)c(OC)c1. The number of alkyl halides is 4. The highest BCUT2D eigenvalue weighted by molar-refractivity contribution is 6.00. The van der Waals surface area contributed by atoms with Crippen molar-refractivity contribution < 1.29 is 31.8 Å². The lowest BCUT2D eigenvalue weighted by molar-refractivity contribution is -0.137. The number of carbonyl (C=O) groups is 1. The van der Waals surface area contributed by atoms with Gasteiger partial charge in [-0.2, -0.15) is 13.2 Å².